The average Bonchev–Trinajstić information content (AvgIpc) is 1.56. The lowest BCUT2D eigenvalue weighted by Crippen LogP contribution is -2.39. The maximum atomic E-state index is 5.02. The Kier molecular flexibility index (Phi) is 22.5. The van der Waals surface area contributed by atoms with Crippen molar-refractivity contribution in [3.63, 3.8) is 0 Å². The van der Waals surface area contributed by atoms with Gasteiger partial charge in [-0.25, -0.2) is 0 Å². The minimum atomic E-state index is 0.802. The summed E-state index contributed by atoms with van der Waals surface area (Å²) in [6.07, 6.45) is 3.82. The van der Waals surface area contributed by atoms with E-state index in [2.05, 4.69) is 493 Å². The maximum Gasteiger partial charge on any atom is 0.313 e. The van der Waals surface area contributed by atoms with E-state index >= 15 is 0 Å². The van der Waals surface area contributed by atoms with Crippen molar-refractivity contribution in [2.45, 2.75) is 0 Å². The van der Waals surface area contributed by atoms with Crippen LogP contribution in [0, 0.1) is 0 Å². The van der Waals surface area contributed by atoms with Crippen molar-refractivity contribution in [3.8, 4) is 149 Å². The molecule has 0 saturated heterocycles. The summed E-state index contributed by atoms with van der Waals surface area (Å²) in [5.74, 6) is 2.47. The van der Waals surface area contributed by atoms with Crippen LogP contribution in [-0.4, -0.2) is 43.1 Å². The van der Waals surface area contributed by atoms with Gasteiger partial charge in [-0.3, -0.25) is 4.57 Å². The number of thiophene rings is 3. The standard InChI is InChI=1S/C46H31N4S.C46H30N4S.C40H26N3S2/c1-5-16-32(17-6-1)42-39-28-29-41-43(45(39)51-44(42)33-18-7-2-8-19-33)38-26-13-14-27-40(38)49(41)37-25-15-20-34(30-37)46-47-31-48(35-21-9-3-10-22-35)50(46)36-23-11-4-12-24-36;1-5-16-31(17-6-1)41-38-28-29-40-42(44(38)51-43(41)32-18-7-2-8-19-32)37-26-13-14-27-39(37)49(40)35-24-15-25-36(30-35)50-45(33-20-9-3-10-21-33)47-48-46(50)34-22-11-4-12-23-34;1-4-13-27(14-5-1)36-33-23-24-35-37(39(33)44-38(36)28-15-6-2-7-16-28)32-21-10-11-22-34(32)43(35)31-20-12-17-29(25-31)40-41-26-42(45-40)30-18-8-3-9-19-30/h1-31H;1-30H;1-26H/q+1;;+1. The Hall–Kier alpha value is -18.5. The number of nitrogens with zero attached hydrogens (tertiary/aromatic N) is 11. The van der Waals surface area contributed by atoms with E-state index in [-0.39, 0.29) is 0 Å². The zero-order valence-electron chi connectivity index (χ0n) is 79.3. The van der Waals surface area contributed by atoms with E-state index in [1.54, 1.807) is 11.5 Å². The summed E-state index contributed by atoms with van der Waals surface area (Å²) in [5, 5.41) is 21.9. The smallest absolute Gasteiger partial charge is 0.309 e. The molecule has 20 aromatic carbocycles. The van der Waals surface area contributed by atoms with Crippen LogP contribution in [-0.2, 0) is 0 Å². The normalized spacial score (nSPS) is 11.5. The van der Waals surface area contributed by atoms with E-state index in [0.29, 0.717) is 0 Å². The van der Waals surface area contributed by atoms with Gasteiger partial charge in [0.25, 0.3) is 10.8 Å². The molecule has 0 aliphatic rings. The molecule has 29 aromatic rings. The Balaban J connectivity index is 0.000000109. The third-order valence-electron chi connectivity index (χ3n) is 27.8. The van der Waals surface area contributed by atoms with Gasteiger partial charge in [-0.15, -0.1) is 57.5 Å². The molecule has 0 radical (unpaired) electrons. The fourth-order valence-corrected chi connectivity index (χ4v) is 26.3. The summed E-state index contributed by atoms with van der Waals surface area (Å²) in [5.41, 5.74) is 30.1. The van der Waals surface area contributed by atoms with E-state index < -0.39 is 0 Å². The molecular weight excluding hydrogens is 1870 g/mol. The molecule has 0 aliphatic carbocycles. The predicted octanol–water partition coefficient (Wildman–Crippen LogP) is 34.4. The first-order valence-electron chi connectivity index (χ1n) is 49.2. The highest BCUT2D eigenvalue weighted by Crippen LogP contribution is 2.54. The number of para-hydroxylation sites is 6. The lowest BCUT2D eigenvalue weighted by molar-refractivity contribution is -0.675. The lowest BCUT2D eigenvalue weighted by Gasteiger charge is -2.14. The van der Waals surface area contributed by atoms with Crippen molar-refractivity contribution < 1.29 is 8.64 Å². The average molecular weight is 1960 g/mol. The number of hydrogen-bond acceptors (Lipinski definition) is 8. The van der Waals surface area contributed by atoms with Crippen LogP contribution < -0.4 is 8.64 Å². The molecule has 0 amide bonds. The summed E-state index contributed by atoms with van der Waals surface area (Å²) >= 11 is 7.34. The van der Waals surface area contributed by atoms with E-state index in [1.807, 2.05) is 101 Å². The topological polar surface area (TPSA) is 84.0 Å². The molecule has 0 fully saturated rings. The van der Waals surface area contributed by atoms with Crippen LogP contribution in [0.3, 0.4) is 0 Å². The minimum Gasteiger partial charge on any atom is -0.309 e. The molecule has 0 saturated carbocycles. The van der Waals surface area contributed by atoms with Crippen LogP contribution in [0.25, 0.3) is 245 Å². The molecule has 147 heavy (non-hydrogen) atoms. The Bertz CT molecular complexity index is 9890. The van der Waals surface area contributed by atoms with Crippen LogP contribution in [0.1, 0.15) is 0 Å². The molecule has 0 unspecified atom stereocenters. The molecule has 9 aromatic heterocycles. The summed E-state index contributed by atoms with van der Waals surface area (Å²) in [7, 11) is 0. The minimum absolute atomic E-state index is 0.802. The van der Waals surface area contributed by atoms with Crippen molar-refractivity contribution in [2.75, 3.05) is 0 Å². The summed E-state index contributed by atoms with van der Waals surface area (Å²) in [4.78, 5) is 13.7. The summed E-state index contributed by atoms with van der Waals surface area (Å²) in [6, 6.07) is 183. The van der Waals surface area contributed by atoms with Gasteiger partial charge >= 0.3 is 12.7 Å². The molecule has 29 rings (SSSR count). The Morgan fingerprint density at radius 2 is 0.497 bits per heavy atom. The van der Waals surface area contributed by atoms with Crippen molar-refractivity contribution in [2.24, 2.45) is 0 Å². The molecule has 9 heterocycles. The second-order valence-electron chi connectivity index (χ2n) is 36.4. The summed E-state index contributed by atoms with van der Waals surface area (Å²) < 4.78 is 19.8. The SMILES string of the molecule is c1ccc(-c2sc3c(ccc4c3c3ccccc3n4-c3cccc(-c4nc[n+](-c5ccccc5)n4-c4ccccc4)c3)c2-c2ccccc2)cc1.c1ccc(-c2sc3c(ccc4c3c3ccccc3n4-c3cccc(-c4nc[n+](-c5ccccc5)s4)c3)c2-c2ccccc2)cc1.c1ccc(-c2sc3c(ccc4c3c3ccccc3n4-c3cccc(-n4c(-c5ccccc5)nnc4-c4ccccc4)c3)c2-c2ccccc2)cc1. The van der Waals surface area contributed by atoms with Crippen molar-refractivity contribution in [3.05, 3.63) is 528 Å². The molecule has 0 atom stereocenters. The molecular formula is C132H87N11S4+2. The fourth-order valence-electron chi connectivity index (χ4n) is 21.3. The first-order valence-corrected chi connectivity index (χ1v) is 52.4. The van der Waals surface area contributed by atoms with Gasteiger partial charge in [0.15, 0.2) is 17.3 Å². The zero-order valence-corrected chi connectivity index (χ0v) is 82.5. The molecule has 15 heteroatoms. The zero-order chi connectivity index (χ0) is 97.2. The Morgan fingerprint density at radius 3 is 0.891 bits per heavy atom. The van der Waals surface area contributed by atoms with E-state index in [1.165, 1.54) is 160 Å². The third-order valence-corrected chi connectivity index (χ3v) is 32.6. The highest BCUT2D eigenvalue weighted by atomic mass is 32.1. The van der Waals surface area contributed by atoms with Crippen LogP contribution in [0.5, 0.6) is 0 Å². The number of benzene rings is 20. The number of hydrogen-bond donors (Lipinski definition) is 0. The van der Waals surface area contributed by atoms with Gasteiger partial charge in [-0.05, 0) is 171 Å². The quantitative estimate of drug-likeness (QED) is 0.0851. The van der Waals surface area contributed by atoms with E-state index in [0.717, 1.165) is 84.5 Å². The Labute approximate surface area is 863 Å². The molecule has 0 aliphatic heterocycles. The third kappa shape index (κ3) is 15.6. The highest BCUT2D eigenvalue weighted by Gasteiger charge is 2.31. The van der Waals surface area contributed by atoms with Gasteiger partial charge in [-0.1, -0.05) is 388 Å². The first kappa shape index (κ1) is 87.5. The van der Waals surface area contributed by atoms with Gasteiger partial charge in [0.2, 0.25) is 0 Å². The molecule has 0 bridgehead atoms. The molecule has 692 valence electrons. The number of rotatable bonds is 17. The maximum absolute atomic E-state index is 5.02. The molecule has 0 N–H and O–H groups in total. The number of fused-ring (bicyclic) bond motifs is 15. The molecule has 0 spiro atoms. The van der Waals surface area contributed by atoms with Gasteiger partial charge in [0, 0.05) is 133 Å². The van der Waals surface area contributed by atoms with Gasteiger partial charge in [0.1, 0.15) is 5.69 Å². The van der Waals surface area contributed by atoms with Gasteiger partial charge in [0.05, 0.1) is 56.0 Å². The van der Waals surface area contributed by atoms with E-state index in [9.17, 15) is 0 Å². The summed E-state index contributed by atoms with van der Waals surface area (Å²) in [6.45, 7) is 0. The highest BCUT2D eigenvalue weighted by molar-refractivity contribution is 7.25. The second kappa shape index (κ2) is 37.8. The van der Waals surface area contributed by atoms with Crippen LogP contribution in [0.15, 0.2) is 528 Å². The van der Waals surface area contributed by atoms with Crippen LogP contribution in [0.2, 0.25) is 0 Å². The van der Waals surface area contributed by atoms with Gasteiger partial charge < -0.3 is 13.7 Å². The first-order chi connectivity index (χ1) is 73.0. The molecule has 11 nitrogen and oxygen atoms in total. The van der Waals surface area contributed by atoms with Crippen molar-refractivity contribution in [1.82, 2.24) is 43.1 Å². The van der Waals surface area contributed by atoms with E-state index in [4.69, 9.17) is 20.2 Å². The van der Waals surface area contributed by atoms with Crippen molar-refractivity contribution in [1.29, 1.82) is 0 Å². The van der Waals surface area contributed by atoms with Crippen LogP contribution in [0.4, 0.5) is 0 Å². The number of aromatic nitrogens is 11. The largest absolute Gasteiger partial charge is 0.313 e. The Morgan fingerprint density at radius 1 is 0.197 bits per heavy atom. The van der Waals surface area contributed by atoms with Crippen molar-refractivity contribution >= 4 is 141 Å². The fraction of sp³-hybridized carbons (Fsp3) is 0. The van der Waals surface area contributed by atoms with Crippen LogP contribution >= 0.6 is 45.5 Å². The second-order valence-corrected chi connectivity index (χ2v) is 40.4. The van der Waals surface area contributed by atoms with Gasteiger partial charge in [-0.2, -0.15) is 0 Å². The monoisotopic (exact) mass is 1950 g/mol. The predicted molar refractivity (Wildman–Crippen MR) is 614 cm³/mol. The lowest BCUT2D eigenvalue weighted by atomic mass is 9.98.